The molecule has 118 valence electrons. The second-order valence-corrected chi connectivity index (χ2v) is 7.35. The molecule has 4 nitrogen and oxygen atoms in total. The third-order valence-corrected chi connectivity index (χ3v) is 6.00. The van der Waals surface area contributed by atoms with Gasteiger partial charge in [0.05, 0.1) is 11.9 Å². The van der Waals surface area contributed by atoms with Crippen molar-refractivity contribution in [2.75, 3.05) is 18.1 Å². The molecule has 1 N–H and O–H groups in total. The molecule has 1 aromatic rings. The molecule has 1 aliphatic rings. The molecule has 2 rings (SSSR count). The van der Waals surface area contributed by atoms with Crippen molar-refractivity contribution >= 4 is 29.1 Å². The Balaban J connectivity index is 2.09. The quantitative estimate of drug-likeness (QED) is 0.862. The highest BCUT2D eigenvalue weighted by Gasteiger charge is 2.31. The maximum Gasteiger partial charge on any atom is 0.287 e. The molecular weight excluding hydrogens is 306 g/mol. The van der Waals surface area contributed by atoms with Gasteiger partial charge in [-0.3, -0.25) is 4.79 Å². The molecular formula is C15H24ClN3OS. The lowest BCUT2D eigenvalue weighted by molar-refractivity contribution is 0.411. The molecule has 0 aromatic carbocycles. The average molecular weight is 330 g/mol. The number of aromatic nitrogens is 2. The first-order valence-electron chi connectivity index (χ1n) is 7.66. The summed E-state index contributed by atoms with van der Waals surface area (Å²) in [5, 5.41) is 7.80. The van der Waals surface area contributed by atoms with Crippen molar-refractivity contribution in [3.63, 3.8) is 0 Å². The van der Waals surface area contributed by atoms with Crippen molar-refractivity contribution in [1.29, 1.82) is 0 Å². The van der Waals surface area contributed by atoms with Gasteiger partial charge in [-0.05, 0) is 25.5 Å². The molecule has 0 bridgehead atoms. The summed E-state index contributed by atoms with van der Waals surface area (Å²) >= 11 is 8.12. The number of halogens is 1. The molecule has 1 heterocycles. The van der Waals surface area contributed by atoms with E-state index in [0.717, 1.165) is 13.0 Å². The maximum absolute atomic E-state index is 12.1. The molecule has 0 aliphatic heterocycles. The molecule has 0 amide bonds. The fourth-order valence-electron chi connectivity index (χ4n) is 2.86. The van der Waals surface area contributed by atoms with Crippen molar-refractivity contribution in [3.8, 4) is 0 Å². The van der Waals surface area contributed by atoms with E-state index in [1.807, 2.05) is 18.7 Å². The van der Waals surface area contributed by atoms with Crippen LogP contribution in [0.3, 0.4) is 0 Å². The number of hydrogen-bond acceptors (Lipinski definition) is 4. The lowest BCUT2D eigenvalue weighted by Gasteiger charge is -2.36. The standard InChI is InChI=1S/C15H24ClN3OS/c1-3-9-19-14(20)13(16)12(10-18-19)17-11-15(21-2)7-5-4-6-8-15/h10,17H,3-9,11H2,1-2H3. The summed E-state index contributed by atoms with van der Waals surface area (Å²) in [6, 6.07) is 0. The molecule has 1 aromatic heterocycles. The van der Waals surface area contributed by atoms with Crippen LogP contribution in [-0.4, -0.2) is 27.3 Å². The predicted octanol–water partition coefficient (Wildman–Crippen LogP) is 3.78. The third kappa shape index (κ3) is 3.95. The first kappa shape index (κ1) is 16.7. The van der Waals surface area contributed by atoms with Crippen LogP contribution < -0.4 is 10.9 Å². The van der Waals surface area contributed by atoms with Gasteiger partial charge < -0.3 is 5.32 Å². The lowest BCUT2D eigenvalue weighted by Crippen LogP contribution is -2.36. The highest BCUT2D eigenvalue weighted by molar-refractivity contribution is 8.00. The Labute approximate surface area is 135 Å². The number of rotatable bonds is 6. The van der Waals surface area contributed by atoms with Gasteiger partial charge in [-0.2, -0.15) is 16.9 Å². The topological polar surface area (TPSA) is 46.9 Å². The Morgan fingerprint density at radius 1 is 1.43 bits per heavy atom. The Hall–Kier alpha value is -0.680. The molecule has 6 heteroatoms. The molecule has 1 fully saturated rings. The van der Waals surface area contributed by atoms with Crippen LogP contribution in [-0.2, 0) is 6.54 Å². The Bertz CT molecular complexity index is 526. The molecule has 0 spiro atoms. The summed E-state index contributed by atoms with van der Waals surface area (Å²) < 4.78 is 1.69. The number of nitrogens with zero attached hydrogens (tertiary/aromatic N) is 2. The molecule has 1 saturated carbocycles. The zero-order chi connectivity index (χ0) is 15.3. The predicted molar refractivity (Wildman–Crippen MR) is 91.6 cm³/mol. The number of hydrogen-bond donors (Lipinski definition) is 1. The van der Waals surface area contributed by atoms with Crippen LogP contribution in [0.15, 0.2) is 11.0 Å². The molecule has 0 radical (unpaired) electrons. The van der Waals surface area contributed by atoms with Gasteiger partial charge in [-0.25, -0.2) is 4.68 Å². The van der Waals surface area contributed by atoms with Gasteiger partial charge in [0.25, 0.3) is 5.56 Å². The normalized spacial score (nSPS) is 17.7. The second kappa shape index (κ2) is 7.54. The van der Waals surface area contributed by atoms with E-state index in [4.69, 9.17) is 11.6 Å². The van der Waals surface area contributed by atoms with Crippen LogP contribution in [0.2, 0.25) is 5.02 Å². The van der Waals surface area contributed by atoms with E-state index in [9.17, 15) is 4.79 Å². The van der Waals surface area contributed by atoms with E-state index in [1.54, 1.807) is 6.20 Å². The molecule has 1 aliphatic carbocycles. The van der Waals surface area contributed by atoms with Crippen LogP contribution >= 0.6 is 23.4 Å². The zero-order valence-corrected chi connectivity index (χ0v) is 14.4. The van der Waals surface area contributed by atoms with Crippen molar-refractivity contribution in [2.45, 2.75) is 56.7 Å². The summed E-state index contributed by atoms with van der Waals surface area (Å²) in [5.41, 5.74) is 0.457. The molecule has 0 atom stereocenters. The van der Waals surface area contributed by atoms with E-state index in [-0.39, 0.29) is 15.3 Å². The summed E-state index contributed by atoms with van der Waals surface area (Å²) in [6.07, 6.45) is 11.1. The van der Waals surface area contributed by atoms with Crippen LogP contribution in [0, 0.1) is 0 Å². The largest absolute Gasteiger partial charge is 0.381 e. The Morgan fingerprint density at radius 3 is 2.76 bits per heavy atom. The highest BCUT2D eigenvalue weighted by atomic mass is 35.5. The average Bonchev–Trinajstić information content (AvgIpc) is 2.52. The number of thioether (sulfide) groups is 1. The van der Waals surface area contributed by atoms with E-state index < -0.39 is 0 Å². The van der Waals surface area contributed by atoms with Crippen molar-refractivity contribution < 1.29 is 0 Å². The smallest absolute Gasteiger partial charge is 0.287 e. The monoisotopic (exact) mass is 329 g/mol. The zero-order valence-electron chi connectivity index (χ0n) is 12.8. The van der Waals surface area contributed by atoms with Gasteiger partial charge in [-0.1, -0.05) is 37.8 Å². The number of nitrogens with one attached hydrogen (secondary N) is 1. The number of aryl methyl sites for hydroxylation is 1. The Kier molecular flexibility index (Phi) is 5.99. The van der Waals surface area contributed by atoms with E-state index in [1.165, 1.54) is 36.8 Å². The van der Waals surface area contributed by atoms with Crippen LogP contribution in [0.25, 0.3) is 0 Å². The van der Waals surface area contributed by atoms with Gasteiger partial charge in [0.2, 0.25) is 0 Å². The minimum absolute atomic E-state index is 0.203. The van der Waals surface area contributed by atoms with Gasteiger partial charge >= 0.3 is 0 Å². The molecule has 0 saturated heterocycles. The van der Waals surface area contributed by atoms with Crippen molar-refractivity contribution in [2.24, 2.45) is 0 Å². The minimum atomic E-state index is -0.203. The van der Waals surface area contributed by atoms with Crippen LogP contribution in [0.1, 0.15) is 45.4 Å². The van der Waals surface area contributed by atoms with E-state index in [0.29, 0.717) is 12.2 Å². The highest BCUT2D eigenvalue weighted by Crippen LogP contribution is 2.38. The minimum Gasteiger partial charge on any atom is -0.381 e. The summed E-state index contributed by atoms with van der Waals surface area (Å²) in [6.45, 7) is 3.46. The second-order valence-electron chi connectivity index (χ2n) is 5.70. The molecule has 0 unspecified atom stereocenters. The van der Waals surface area contributed by atoms with Crippen LogP contribution in [0.4, 0.5) is 5.69 Å². The lowest BCUT2D eigenvalue weighted by atomic mass is 9.88. The fraction of sp³-hybridized carbons (Fsp3) is 0.733. The first-order chi connectivity index (χ1) is 10.1. The van der Waals surface area contributed by atoms with Gasteiger partial charge in [-0.15, -0.1) is 0 Å². The summed E-state index contributed by atoms with van der Waals surface area (Å²) in [5.74, 6) is 0. The number of anilines is 1. The third-order valence-electron chi connectivity index (χ3n) is 4.22. The van der Waals surface area contributed by atoms with E-state index in [2.05, 4.69) is 16.7 Å². The van der Waals surface area contributed by atoms with Crippen LogP contribution in [0.5, 0.6) is 0 Å². The van der Waals surface area contributed by atoms with Gasteiger partial charge in [0.15, 0.2) is 0 Å². The van der Waals surface area contributed by atoms with Gasteiger partial charge in [0, 0.05) is 17.8 Å². The summed E-state index contributed by atoms with van der Waals surface area (Å²) in [7, 11) is 0. The SMILES string of the molecule is CCCn1ncc(NCC2(SC)CCCCC2)c(Cl)c1=O. The van der Waals surface area contributed by atoms with Crippen molar-refractivity contribution in [3.05, 3.63) is 21.6 Å². The van der Waals surface area contributed by atoms with Crippen molar-refractivity contribution in [1.82, 2.24) is 9.78 Å². The van der Waals surface area contributed by atoms with Gasteiger partial charge in [0.1, 0.15) is 5.02 Å². The molecule has 21 heavy (non-hydrogen) atoms. The van der Waals surface area contributed by atoms with E-state index >= 15 is 0 Å². The fourth-order valence-corrected chi connectivity index (χ4v) is 3.99. The Morgan fingerprint density at radius 2 is 2.14 bits per heavy atom. The first-order valence-corrected chi connectivity index (χ1v) is 9.27. The summed E-state index contributed by atoms with van der Waals surface area (Å²) in [4.78, 5) is 12.1. The maximum atomic E-state index is 12.1.